The van der Waals surface area contributed by atoms with Crippen molar-refractivity contribution in [1.82, 2.24) is 0 Å². The minimum Gasteiger partial charge on any atom is -0.494 e. The summed E-state index contributed by atoms with van der Waals surface area (Å²) < 4.78 is 11.1. The largest absolute Gasteiger partial charge is 0.494 e. The van der Waals surface area contributed by atoms with Gasteiger partial charge in [0.15, 0.2) is 6.10 Å². The number of anilines is 2. The fourth-order valence-corrected chi connectivity index (χ4v) is 3.21. The lowest BCUT2D eigenvalue weighted by molar-refractivity contribution is -0.384. The van der Waals surface area contributed by atoms with Crippen LogP contribution < -0.4 is 19.7 Å². The highest BCUT2D eigenvalue weighted by Crippen LogP contribution is 2.38. The first-order valence-corrected chi connectivity index (χ1v) is 9.67. The number of hydrogen-bond donors (Lipinski definition) is 1. The van der Waals surface area contributed by atoms with Gasteiger partial charge in [-0.1, -0.05) is 6.92 Å². The molecular weight excluding hydrogens is 390 g/mol. The molecule has 2 aromatic carbocycles. The molecule has 1 aliphatic rings. The highest BCUT2D eigenvalue weighted by molar-refractivity contribution is 6.08. The van der Waals surface area contributed by atoms with E-state index in [0.717, 1.165) is 0 Å². The van der Waals surface area contributed by atoms with E-state index in [1.165, 1.54) is 23.1 Å². The normalized spacial score (nSPS) is 16.3. The van der Waals surface area contributed by atoms with Crippen molar-refractivity contribution in [2.24, 2.45) is 0 Å². The molecule has 0 spiro atoms. The first-order chi connectivity index (χ1) is 14.3. The number of rotatable bonds is 7. The Kier molecular flexibility index (Phi) is 6.20. The highest BCUT2D eigenvalue weighted by atomic mass is 16.6. The van der Waals surface area contributed by atoms with Crippen LogP contribution in [0.1, 0.15) is 27.2 Å². The fraction of sp³-hybridized carbons (Fsp3) is 0.333. The molecule has 9 nitrogen and oxygen atoms in total. The van der Waals surface area contributed by atoms with Crippen LogP contribution in [0.2, 0.25) is 0 Å². The maximum atomic E-state index is 12.9. The predicted octanol–water partition coefficient (Wildman–Crippen LogP) is 3.52. The van der Waals surface area contributed by atoms with Crippen molar-refractivity contribution in [2.45, 2.75) is 39.3 Å². The van der Waals surface area contributed by atoms with E-state index in [1.807, 2.05) is 6.92 Å². The zero-order valence-electron chi connectivity index (χ0n) is 17.0. The standard InChI is InChI=1S/C21H23N3O6/c1-4-18-21(26)23(17-12-15(24(27)28)8-11-19(17)30-18)13(3)20(25)22-14-6-9-16(10-7-14)29-5-2/h6-13,18H,4-5H2,1-3H3,(H,22,25). The predicted molar refractivity (Wildman–Crippen MR) is 111 cm³/mol. The van der Waals surface area contributed by atoms with E-state index in [0.29, 0.717) is 30.2 Å². The van der Waals surface area contributed by atoms with E-state index in [-0.39, 0.29) is 11.4 Å². The molecule has 2 amide bonds. The second-order valence-electron chi connectivity index (χ2n) is 6.75. The number of carbonyl (C=O) groups is 2. The van der Waals surface area contributed by atoms with Gasteiger partial charge in [-0.25, -0.2) is 0 Å². The van der Waals surface area contributed by atoms with E-state index in [9.17, 15) is 19.7 Å². The molecule has 1 heterocycles. The summed E-state index contributed by atoms with van der Waals surface area (Å²) in [6.07, 6.45) is -0.362. The molecule has 2 atom stereocenters. The van der Waals surface area contributed by atoms with Crippen molar-refractivity contribution in [1.29, 1.82) is 0 Å². The second kappa shape index (κ2) is 8.81. The zero-order chi connectivity index (χ0) is 21.8. The van der Waals surface area contributed by atoms with E-state index in [1.54, 1.807) is 38.1 Å². The lowest BCUT2D eigenvalue weighted by Gasteiger charge is -2.36. The molecule has 3 rings (SSSR count). The Morgan fingerprint density at radius 1 is 1.27 bits per heavy atom. The molecule has 1 N–H and O–H groups in total. The summed E-state index contributed by atoms with van der Waals surface area (Å²) in [5.74, 6) is 0.160. The summed E-state index contributed by atoms with van der Waals surface area (Å²) in [5.41, 5.74) is 0.555. The van der Waals surface area contributed by atoms with Gasteiger partial charge in [-0.05, 0) is 50.6 Å². The van der Waals surface area contributed by atoms with Crippen LogP contribution in [-0.4, -0.2) is 35.5 Å². The van der Waals surface area contributed by atoms with Gasteiger partial charge in [-0.2, -0.15) is 0 Å². The Bertz CT molecular complexity index is 960. The summed E-state index contributed by atoms with van der Waals surface area (Å²) in [6, 6.07) is 9.96. The minimum absolute atomic E-state index is 0.191. The monoisotopic (exact) mass is 413 g/mol. The van der Waals surface area contributed by atoms with Gasteiger partial charge in [0.25, 0.3) is 11.6 Å². The SMILES string of the molecule is CCOc1ccc(NC(=O)C(C)N2C(=O)C(CC)Oc3ccc([N+](=O)[O-])cc32)cc1. The van der Waals surface area contributed by atoms with Gasteiger partial charge in [0.2, 0.25) is 5.91 Å². The molecule has 1 aliphatic heterocycles. The third-order valence-electron chi connectivity index (χ3n) is 4.77. The molecule has 0 saturated carbocycles. The summed E-state index contributed by atoms with van der Waals surface area (Å²) >= 11 is 0. The Morgan fingerprint density at radius 3 is 2.57 bits per heavy atom. The molecule has 158 valence electrons. The van der Waals surface area contributed by atoms with Crippen molar-refractivity contribution >= 4 is 28.9 Å². The lowest BCUT2D eigenvalue weighted by Crippen LogP contribution is -2.53. The number of amides is 2. The smallest absolute Gasteiger partial charge is 0.271 e. The average molecular weight is 413 g/mol. The highest BCUT2D eigenvalue weighted by Gasteiger charge is 2.39. The van der Waals surface area contributed by atoms with Gasteiger partial charge < -0.3 is 14.8 Å². The number of nitro benzene ring substituents is 1. The Morgan fingerprint density at radius 2 is 1.97 bits per heavy atom. The molecular formula is C21H23N3O6. The fourth-order valence-electron chi connectivity index (χ4n) is 3.21. The molecule has 0 saturated heterocycles. The number of nitrogens with one attached hydrogen (secondary N) is 1. The number of nitrogens with zero attached hydrogens (tertiary/aromatic N) is 2. The molecule has 2 unspecified atom stereocenters. The van der Waals surface area contributed by atoms with Crippen LogP contribution in [0.15, 0.2) is 42.5 Å². The lowest BCUT2D eigenvalue weighted by atomic mass is 10.1. The van der Waals surface area contributed by atoms with Crippen LogP contribution in [0.4, 0.5) is 17.1 Å². The van der Waals surface area contributed by atoms with Crippen molar-refractivity contribution in [3.8, 4) is 11.5 Å². The van der Waals surface area contributed by atoms with Crippen LogP contribution in [0.5, 0.6) is 11.5 Å². The Balaban J connectivity index is 1.88. The average Bonchev–Trinajstić information content (AvgIpc) is 2.74. The first-order valence-electron chi connectivity index (χ1n) is 9.67. The molecule has 0 aromatic heterocycles. The number of non-ortho nitro benzene ring substituents is 1. The van der Waals surface area contributed by atoms with Crippen molar-refractivity contribution in [3.05, 3.63) is 52.6 Å². The summed E-state index contributed by atoms with van der Waals surface area (Å²) in [7, 11) is 0. The van der Waals surface area contributed by atoms with Gasteiger partial charge in [0.05, 0.1) is 17.2 Å². The molecule has 9 heteroatoms. The van der Waals surface area contributed by atoms with Gasteiger partial charge in [0.1, 0.15) is 17.5 Å². The number of benzene rings is 2. The van der Waals surface area contributed by atoms with Gasteiger partial charge in [0, 0.05) is 17.8 Å². The van der Waals surface area contributed by atoms with Crippen LogP contribution in [0.25, 0.3) is 0 Å². The quantitative estimate of drug-likeness (QED) is 0.549. The third kappa shape index (κ3) is 4.19. The number of fused-ring (bicyclic) bond motifs is 1. The van der Waals surface area contributed by atoms with E-state index < -0.39 is 28.9 Å². The maximum Gasteiger partial charge on any atom is 0.271 e. The Hall–Kier alpha value is -3.62. The first kappa shape index (κ1) is 21.1. The zero-order valence-corrected chi connectivity index (χ0v) is 17.0. The van der Waals surface area contributed by atoms with Crippen molar-refractivity contribution < 1.29 is 24.0 Å². The molecule has 0 radical (unpaired) electrons. The summed E-state index contributed by atoms with van der Waals surface area (Å²) in [5, 5.41) is 14.0. The number of carbonyl (C=O) groups excluding carboxylic acids is 2. The number of ether oxygens (including phenoxy) is 2. The number of nitro groups is 1. The third-order valence-corrected chi connectivity index (χ3v) is 4.77. The second-order valence-corrected chi connectivity index (χ2v) is 6.75. The summed E-state index contributed by atoms with van der Waals surface area (Å²) in [4.78, 5) is 37.7. The van der Waals surface area contributed by atoms with Crippen LogP contribution in [-0.2, 0) is 9.59 Å². The molecule has 30 heavy (non-hydrogen) atoms. The van der Waals surface area contributed by atoms with Gasteiger partial charge in [-0.3, -0.25) is 24.6 Å². The maximum absolute atomic E-state index is 12.9. The topological polar surface area (TPSA) is 111 Å². The minimum atomic E-state index is -0.914. The molecule has 0 fully saturated rings. The van der Waals surface area contributed by atoms with Crippen LogP contribution >= 0.6 is 0 Å². The Labute approximate surface area is 173 Å². The van der Waals surface area contributed by atoms with Gasteiger partial charge in [-0.15, -0.1) is 0 Å². The number of hydrogen-bond acceptors (Lipinski definition) is 6. The van der Waals surface area contributed by atoms with E-state index in [4.69, 9.17) is 9.47 Å². The van der Waals surface area contributed by atoms with E-state index >= 15 is 0 Å². The molecule has 0 bridgehead atoms. The summed E-state index contributed by atoms with van der Waals surface area (Å²) in [6.45, 7) is 5.78. The van der Waals surface area contributed by atoms with Gasteiger partial charge >= 0.3 is 0 Å². The van der Waals surface area contributed by atoms with Crippen molar-refractivity contribution in [3.63, 3.8) is 0 Å². The van der Waals surface area contributed by atoms with E-state index in [2.05, 4.69) is 5.32 Å². The molecule has 0 aliphatic carbocycles. The van der Waals surface area contributed by atoms with Crippen LogP contribution in [0, 0.1) is 10.1 Å². The van der Waals surface area contributed by atoms with Crippen LogP contribution in [0.3, 0.4) is 0 Å². The van der Waals surface area contributed by atoms with Crippen molar-refractivity contribution in [2.75, 3.05) is 16.8 Å². The molecule has 2 aromatic rings.